The highest BCUT2D eigenvalue weighted by Crippen LogP contribution is 2.40. The van der Waals surface area contributed by atoms with Crippen LogP contribution in [0.4, 0.5) is 11.5 Å². The number of carbonyl (C=O) groups excluding carboxylic acids is 2. The summed E-state index contributed by atoms with van der Waals surface area (Å²) in [4.78, 5) is 28.2. The SMILES string of the molecule is O=C(Nc1ccc(C2CC2)cc1)C(=O)Nc1ccn(CCc2ccncc2)n1. The summed E-state index contributed by atoms with van der Waals surface area (Å²) in [6.07, 6.45) is 8.53. The average Bonchev–Trinajstić information content (AvgIpc) is 3.48. The standard InChI is InChI=1S/C21H21N5O2/c27-20(23-18-5-3-17(4-6-18)16-1-2-16)21(28)24-19-10-14-26(25-19)13-9-15-7-11-22-12-8-15/h3-8,10-12,14,16H,1-2,9,13H2,(H,23,27)(H,24,25,28). The molecule has 2 amide bonds. The Kier molecular flexibility index (Phi) is 5.14. The first-order chi connectivity index (χ1) is 13.7. The molecule has 1 aliphatic rings. The molecule has 28 heavy (non-hydrogen) atoms. The Bertz CT molecular complexity index is 962. The molecular weight excluding hydrogens is 354 g/mol. The fourth-order valence-corrected chi connectivity index (χ4v) is 2.96. The lowest BCUT2D eigenvalue weighted by Gasteiger charge is -2.06. The van der Waals surface area contributed by atoms with Gasteiger partial charge in [0, 0.05) is 36.9 Å². The Labute approximate surface area is 162 Å². The second-order valence-electron chi connectivity index (χ2n) is 6.87. The number of hydrogen-bond acceptors (Lipinski definition) is 4. The summed E-state index contributed by atoms with van der Waals surface area (Å²) in [7, 11) is 0. The number of nitrogens with zero attached hydrogens (tertiary/aromatic N) is 3. The van der Waals surface area contributed by atoms with Crippen LogP contribution >= 0.6 is 0 Å². The number of rotatable bonds is 6. The van der Waals surface area contributed by atoms with Crippen LogP contribution in [-0.4, -0.2) is 26.6 Å². The second-order valence-corrected chi connectivity index (χ2v) is 6.87. The summed E-state index contributed by atoms with van der Waals surface area (Å²) in [5.41, 5.74) is 3.04. The van der Waals surface area contributed by atoms with Gasteiger partial charge in [-0.15, -0.1) is 0 Å². The number of pyridine rings is 1. The molecule has 1 aliphatic carbocycles. The molecule has 0 saturated heterocycles. The van der Waals surface area contributed by atoms with E-state index in [9.17, 15) is 9.59 Å². The van der Waals surface area contributed by atoms with E-state index in [-0.39, 0.29) is 0 Å². The highest BCUT2D eigenvalue weighted by molar-refractivity contribution is 6.43. The summed E-state index contributed by atoms with van der Waals surface area (Å²) in [6.45, 7) is 0.666. The van der Waals surface area contributed by atoms with Crippen LogP contribution in [0, 0.1) is 0 Å². The van der Waals surface area contributed by atoms with Crippen LogP contribution in [0.2, 0.25) is 0 Å². The number of amides is 2. The van der Waals surface area contributed by atoms with Crippen molar-refractivity contribution < 1.29 is 9.59 Å². The molecule has 0 radical (unpaired) electrons. The fraction of sp³-hybridized carbons (Fsp3) is 0.238. The third-order valence-electron chi connectivity index (χ3n) is 4.68. The Morgan fingerprint density at radius 3 is 2.39 bits per heavy atom. The minimum absolute atomic E-state index is 0.346. The van der Waals surface area contributed by atoms with Gasteiger partial charge in [0.2, 0.25) is 0 Å². The van der Waals surface area contributed by atoms with E-state index in [1.807, 2.05) is 36.4 Å². The van der Waals surface area contributed by atoms with E-state index in [0.717, 1.165) is 12.0 Å². The van der Waals surface area contributed by atoms with Gasteiger partial charge in [0.15, 0.2) is 5.82 Å². The van der Waals surface area contributed by atoms with Crippen molar-refractivity contribution in [1.82, 2.24) is 14.8 Å². The van der Waals surface area contributed by atoms with Crippen molar-refractivity contribution in [2.45, 2.75) is 31.7 Å². The number of hydrogen-bond donors (Lipinski definition) is 2. The zero-order valence-corrected chi connectivity index (χ0v) is 15.3. The molecule has 0 unspecified atom stereocenters. The van der Waals surface area contributed by atoms with Gasteiger partial charge >= 0.3 is 11.8 Å². The Morgan fingerprint density at radius 2 is 1.68 bits per heavy atom. The van der Waals surface area contributed by atoms with Crippen molar-refractivity contribution in [3.05, 3.63) is 72.2 Å². The zero-order valence-electron chi connectivity index (χ0n) is 15.3. The molecule has 4 rings (SSSR count). The first kappa shape index (κ1) is 17.9. The van der Waals surface area contributed by atoms with E-state index in [1.165, 1.54) is 18.4 Å². The first-order valence-corrected chi connectivity index (χ1v) is 9.32. The maximum atomic E-state index is 12.1. The predicted molar refractivity (Wildman–Crippen MR) is 106 cm³/mol. The summed E-state index contributed by atoms with van der Waals surface area (Å²) < 4.78 is 1.73. The lowest BCUT2D eigenvalue weighted by molar-refractivity contribution is -0.133. The van der Waals surface area contributed by atoms with Gasteiger partial charge in [-0.1, -0.05) is 12.1 Å². The Hall–Kier alpha value is -3.48. The number of anilines is 2. The van der Waals surface area contributed by atoms with Gasteiger partial charge in [-0.3, -0.25) is 19.3 Å². The molecule has 2 N–H and O–H groups in total. The van der Waals surface area contributed by atoms with Gasteiger partial charge in [0.05, 0.1) is 0 Å². The number of carbonyl (C=O) groups is 2. The topological polar surface area (TPSA) is 88.9 Å². The van der Waals surface area contributed by atoms with Gasteiger partial charge in [-0.2, -0.15) is 5.10 Å². The van der Waals surface area contributed by atoms with Gasteiger partial charge in [-0.25, -0.2) is 0 Å². The normalized spacial score (nSPS) is 13.1. The average molecular weight is 375 g/mol. The maximum absolute atomic E-state index is 12.1. The number of nitrogens with one attached hydrogen (secondary N) is 2. The van der Waals surface area contributed by atoms with Crippen molar-refractivity contribution in [3.63, 3.8) is 0 Å². The molecule has 0 atom stereocenters. The molecular formula is C21H21N5O2. The summed E-state index contributed by atoms with van der Waals surface area (Å²) >= 11 is 0. The zero-order chi connectivity index (χ0) is 19.3. The third-order valence-corrected chi connectivity index (χ3v) is 4.68. The molecule has 0 aliphatic heterocycles. The lowest BCUT2D eigenvalue weighted by atomic mass is 10.1. The van der Waals surface area contributed by atoms with Crippen molar-refractivity contribution in [1.29, 1.82) is 0 Å². The van der Waals surface area contributed by atoms with Crippen molar-refractivity contribution in [3.8, 4) is 0 Å². The molecule has 2 heterocycles. The van der Waals surface area contributed by atoms with Crippen LogP contribution in [0.1, 0.15) is 29.9 Å². The van der Waals surface area contributed by atoms with Crippen LogP contribution in [0.15, 0.2) is 61.1 Å². The van der Waals surface area contributed by atoms with Gasteiger partial charge < -0.3 is 10.6 Å². The molecule has 7 nitrogen and oxygen atoms in total. The highest BCUT2D eigenvalue weighted by Gasteiger charge is 2.23. The van der Waals surface area contributed by atoms with Crippen LogP contribution < -0.4 is 10.6 Å². The number of aryl methyl sites for hydroxylation is 2. The van der Waals surface area contributed by atoms with Crippen LogP contribution in [-0.2, 0) is 22.6 Å². The van der Waals surface area contributed by atoms with Crippen LogP contribution in [0.25, 0.3) is 0 Å². The molecule has 7 heteroatoms. The number of benzene rings is 1. The minimum Gasteiger partial charge on any atom is -0.318 e. The summed E-state index contributed by atoms with van der Waals surface area (Å²) in [6, 6.07) is 13.2. The van der Waals surface area contributed by atoms with Gasteiger partial charge in [0.25, 0.3) is 0 Å². The molecule has 1 saturated carbocycles. The van der Waals surface area contributed by atoms with Crippen LogP contribution in [0.3, 0.4) is 0 Å². The Morgan fingerprint density at radius 1 is 0.964 bits per heavy atom. The first-order valence-electron chi connectivity index (χ1n) is 9.32. The fourth-order valence-electron chi connectivity index (χ4n) is 2.96. The highest BCUT2D eigenvalue weighted by atomic mass is 16.2. The van der Waals surface area contributed by atoms with E-state index < -0.39 is 11.8 Å². The largest absolute Gasteiger partial charge is 0.318 e. The monoisotopic (exact) mass is 375 g/mol. The van der Waals surface area contributed by atoms with Crippen molar-refractivity contribution >= 4 is 23.3 Å². The summed E-state index contributed by atoms with van der Waals surface area (Å²) in [5, 5.41) is 9.42. The molecule has 1 aromatic carbocycles. The lowest BCUT2D eigenvalue weighted by Crippen LogP contribution is -2.29. The quantitative estimate of drug-likeness (QED) is 0.648. The van der Waals surface area contributed by atoms with Crippen molar-refractivity contribution in [2.75, 3.05) is 10.6 Å². The molecule has 2 aromatic heterocycles. The van der Waals surface area contributed by atoms with Crippen molar-refractivity contribution in [2.24, 2.45) is 0 Å². The summed E-state index contributed by atoms with van der Waals surface area (Å²) in [5.74, 6) is -0.461. The molecule has 0 spiro atoms. The molecule has 0 bridgehead atoms. The van der Waals surface area contributed by atoms with Gasteiger partial charge in [-0.05, 0) is 60.6 Å². The smallest absolute Gasteiger partial charge is 0.315 e. The van der Waals surface area contributed by atoms with E-state index in [1.54, 1.807) is 29.3 Å². The Balaban J connectivity index is 1.28. The number of aromatic nitrogens is 3. The minimum atomic E-state index is -0.745. The van der Waals surface area contributed by atoms with E-state index >= 15 is 0 Å². The predicted octanol–water partition coefficient (Wildman–Crippen LogP) is 2.98. The van der Waals surface area contributed by atoms with Gasteiger partial charge in [0.1, 0.15) is 0 Å². The molecule has 3 aromatic rings. The van der Waals surface area contributed by atoms with E-state index in [0.29, 0.717) is 24.0 Å². The molecule has 142 valence electrons. The third kappa shape index (κ3) is 4.62. The second kappa shape index (κ2) is 8.04. The van der Waals surface area contributed by atoms with Crippen LogP contribution in [0.5, 0.6) is 0 Å². The maximum Gasteiger partial charge on any atom is 0.315 e. The van der Waals surface area contributed by atoms with E-state index in [4.69, 9.17) is 0 Å². The van der Waals surface area contributed by atoms with E-state index in [2.05, 4.69) is 20.7 Å². The molecule has 1 fully saturated rings.